The van der Waals surface area contributed by atoms with Crippen molar-refractivity contribution in [1.29, 1.82) is 0 Å². The van der Waals surface area contributed by atoms with Crippen LogP contribution in [0.4, 0.5) is 0 Å². The summed E-state index contributed by atoms with van der Waals surface area (Å²) in [7, 11) is 0. The van der Waals surface area contributed by atoms with Crippen LogP contribution in [0.2, 0.25) is 0 Å². The molecule has 0 bridgehead atoms. The first-order valence-electron chi connectivity index (χ1n) is 16.3. The summed E-state index contributed by atoms with van der Waals surface area (Å²) >= 11 is 2.66. The number of benzene rings is 2. The van der Waals surface area contributed by atoms with Crippen LogP contribution in [0.1, 0.15) is 153 Å². The third kappa shape index (κ3) is 16.0. The molecule has 0 heterocycles. The Morgan fingerprint density at radius 1 is 0.395 bits per heavy atom. The van der Waals surface area contributed by atoms with E-state index < -0.39 is 17.6 Å². The van der Waals surface area contributed by atoms with Crippen LogP contribution >= 0.6 is 30.3 Å². The zero-order valence-corrected chi connectivity index (χ0v) is 28.7. The Morgan fingerprint density at radius 3 is 0.947 bits per heavy atom. The topological polar surface area (TPSA) is 0 Å². The molecule has 0 saturated carbocycles. The summed E-state index contributed by atoms with van der Waals surface area (Å²) in [5, 5.41) is 0. The van der Waals surface area contributed by atoms with Crippen LogP contribution in [0, 0.1) is 7.14 Å². The molecule has 0 aliphatic carbocycles. The molecule has 0 aliphatic rings. The number of halogens is 2. The molecule has 0 spiro atoms. The van der Waals surface area contributed by atoms with Crippen molar-refractivity contribution in [3.8, 4) is 0 Å². The van der Waals surface area contributed by atoms with Gasteiger partial charge in [0.1, 0.15) is 0 Å². The molecular weight excluding hydrogens is 639 g/mol. The normalized spacial score (nSPS) is 11.7. The molecule has 216 valence electrons. The van der Waals surface area contributed by atoms with E-state index in [1.165, 1.54) is 160 Å². The molecule has 0 unspecified atom stereocenters. The molecule has 2 heteroatoms. The summed E-state index contributed by atoms with van der Waals surface area (Å²) in [5.74, 6) is 0. The van der Waals surface area contributed by atoms with Gasteiger partial charge in [-0.25, -0.2) is 0 Å². The average molecular weight is 698 g/mol. The molecule has 38 heavy (non-hydrogen) atoms. The zero-order valence-electron chi connectivity index (χ0n) is 24.9. The van der Waals surface area contributed by atoms with Crippen molar-refractivity contribution in [2.75, 3.05) is 0 Å². The molecule has 0 aromatic heterocycles. The Hall–Kier alpha value is -0.350. The Bertz CT molecular complexity index is 714. The zero-order chi connectivity index (χ0) is 27.1. The Balaban J connectivity index is 1.57. The van der Waals surface area contributed by atoms with E-state index in [0.29, 0.717) is 0 Å². The first kappa shape index (κ1) is 33.9. The summed E-state index contributed by atoms with van der Waals surface area (Å²) in [5.41, 5.74) is 3.02. The molecule has 0 fully saturated rings. The Morgan fingerprint density at radius 2 is 0.658 bits per heavy atom. The van der Waals surface area contributed by atoms with Crippen LogP contribution in [0.3, 0.4) is 0 Å². The second-order valence-corrected chi connectivity index (χ2v) is 19.2. The molecule has 2 aromatic rings. The van der Waals surface area contributed by atoms with Crippen molar-refractivity contribution in [3.05, 3.63) is 66.8 Å². The van der Waals surface area contributed by atoms with Gasteiger partial charge in [-0.15, -0.1) is 0 Å². The van der Waals surface area contributed by atoms with Gasteiger partial charge in [0.25, 0.3) is 0 Å². The second kappa shape index (κ2) is 23.4. The Kier molecular flexibility index (Phi) is 20.8. The number of aryl methyl sites for hydroxylation is 2. The van der Waals surface area contributed by atoms with Gasteiger partial charge in [0, 0.05) is 0 Å². The van der Waals surface area contributed by atoms with Crippen molar-refractivity contribution in [2.45, 2.75) is 155 Å². The van der Waals surface area contributed by atoms with E-state index in [9.17, 15) is 0 Å². The second-order valence-electron chi connectivity index (χ2n) is 11.4. The number of hydrogen-bond donors (Lipinski definition) is 0. The maximum atomic E-state index is 4.11. The summed E-state index contributed by atoms with van der Waals surface area (Å²) in [4.78, 5) is 0. The van der Waals surface area contributed by atoms with E-state index in [-0.39, 0.29) is 0 Å². The average Bonchev–Trinajstić information content (AvgIpc) is 2.95. The van der Waals surface area contributed by atoms with Gasteiger partial charge in [-0.1, -0.05) is 52.4 Å². The molecule has 2 rings (SSSR count). The summed E-state index contributed by atoms with van der Waals surface area (Å²) in [6.45, 7) is 4.60. The van der Waals surface area contributed by atoms with Crippen molar-refractivity contribution < 1.29 is 0 Å². The number of unbranched alkanes of at least 4 members (excludes halogenated alkanes) is 18. The monoisotopic (exact) mass is 696 g/mol. The van der Waals surface area contributed by atoms with Crippen LogP contribution in [0.25, 0.3) is 0 Å². The fourth-order valence-corrected chi connectivity index (χ4v) is 10.7. The third-order valence-electron chi connectivity index (χ3n) is 7.85. The van der Waals surface area contributed by atoms with Crippen LogP contribution < -0.4 is 0 Å². The number of rotatable bonds is 24. The van der Waals surface area contributed by atoms with Crippen molar-refractivity contribution in [2.24, 2.45) is 0 Å². The quantitative estimate of drug-likeness (QED) is 0.0757. The number of hydrogen-bond acceptors (Lipinski definition) is 0. The van der Waals surface area contributed by atoms with Gasteiger partial charge in [-0.05, 0) is 0 Å². The summed E-state index contributed by atoms with van der Waals surface area (Å²) in [6.07, 6.45) is 30.7. The van der Waals surface area contributed by atoms with Crippen LogP contribution in [-0.2, 0) is 12.8 Å². The van der Waals surface area contributed by atoms with Crippen molar-refractivity contribution in [3.63, 3.8) is 0 Å². The van der Waals surface area contributed by atoms with E-state index in [0.717, 1.165) is 0 Å². The van der Waals surface area contributed by atoms with E-state index in [4.69, 9.17) is 0 Å². The van der Waals surface area contributed by atoms with Crippen molar-refractivity contribution in [1.82, 2.24) is 0 Å². The van der Waals surface area contributed by atoms with Crippen LogP contribution in [-0.4, -0.2) is 0 Å². The van der Waals surface area contributed by atoms with Gasteiger partial charge in [0.05, 0.1) is 0 Å². The van der Waals surface area contributed by atoms with Gasteiger partial charge in [0.15, 0.2) is 0 Å². The van der Waals surface area contributed by atoms with Crippen LogP contribution in [0.5, 0.6) is 0 Å². The minimum absolute atomic E-state index is 1.24. The molecule has 0 N–H and O–H groups in total. The van der Waals surface area contributed by atoms with E-state index in [1.54, 1.807) is 0 Å². The standard InChI is InChI=1S/C36H58BrI/c1-3-5-7-9-11-13-15-17-19-21-23-33-25-29-35(30-26-33)38(37)36-31-27-34(28-32-36)24-22-20-18-16-14-12-10-8-6-4-2/h25-32H,3-24H2,1-2H3. The van der Waals surface area contributed by atoms with Gasteiger partial charge >= 0.3 is 200 Å². The Labute approximate surface area is 250 Å². The fourth-order valence-electron chi connectivity index (χ4n) is 5.28. The first-order chi connectivity index (χ1) is 18.7. The summed E-state index contributed by atoms with van der Waals surface area (Å²) in [6, 6.07) is 19.1. The molecule has 0 radical (unpaired) electrons. The van der Waals surface area contributed by atoms with Gasteiger partial charge in [0.2, 0.25) is 0 Å². The first-order valence-corrected chi connectivity index (χ1v) is 23.3. The van der Waals surface area contributed by atoms with E-state index in [2.05, 4.69) is 75.1 Å². The van der Waals surface area contributed by atoms with Gasteiger partial charge < -0.3 is 0 Å². The third-order valence-corrected chi connectivity index (χ3v) is 16.1. The molecule has 0 amide bonds. The van der Waals surface area contributed by atoms with Gasteiger partial charge in [-0.2, -0.15) is 0 Å². The molecule has 2 aromatic carbocycles. The van der Waals surface area contributed by atoms with Gasteiger partial charge in [-0.3, -0.25) is 0 Å². The summed E-state index contributed by atoms with van der Waals surface area (Å²) < 4.78 is 3.03. The molecule has 0 atom stereocenters. The predicted octanol–water partition coefficient (Wildman–Crippen LogP) is 13.5. The molecule has 0 nitrogen and oxygen atoms in total. The van der Waals surface area contributed by atoms with E-state index >= 15 is 0 Å². The van der Waals surface area contributed by atoms with Crippen LogP contribution in [0.15, 0.2) is 48.5 Å². The fraction of sp³-hybridized carbons (Fsp3) is 0.667. The van der Waals surface area contributed by atoms with Crippen molar-refractivity contribution >= 4 is 30.3 Å². The van der Waals surface area contributed by atoms with E-state index in [1.807, 2.05) is 0 Å². The SMILES string of the molecule is CCCCCCCCCCCCc1ccc(I(Br)c2ccc(CCCCCCCCCCCC)cc2)cc1. The molecule has 0 aliphatic heterocycles. The maximum absolute atomic E-state index is 4.11. The minimum atomic E-state index is -1.46. The molecule has 0 saturated heterocycles. The predicted molar refractivity (Wildman–Crippen MR) is 184 cm³/mol. The molecular formula is C36H58BrI.